The van der Waals surface area contributed by atoms with Crippen LogP contribution < -0.4 is 9.47 Å². The van der Waals surface area contributed by atoms with Crippen molar-refractivity contribution in [2.45, 2.75) is 20.0 Å². The van der Waals surface area contributed by atoms with Gasteiger partial charge in [-0.15, -0.1) is 0 Å². The zero-order valence-electron chi connectivity index (χ0n) is 11.9. The van der Waals surface area contributed by atoms with E-state index in [1.165, 1.54) is 0 Å². The molecule has 1 aromatic heterocycles. The number of aryl methyl sites for hydroxylation is 2. The molecule has 0 spiro atoms. The molecule has 1 heterocycles. The number of aliphatic hydroxyl groups excluding tert-OH is 1. The molecule has 0 amide bonds. The summed E-state index contributed by atoms with van der Waals surface area (Å²) in [6.45, 7) is 3.68. The minimum Gasteiger partial charge on any atom is -0.496 e. The van der Waals surface area contributed by atoms with E-state index in [0.717, 1.165) is 15.8 Å². The molecule has 5 heteroatoms. The summed E-state index contributed by atoms with van der Waals surface area (Å²) in [5.41, 5.74) is 1.36. The Morgan fingerprint density at radius 3 is 2.20 bits per heavy atom. The number of aliphatic hydroxyl groups is 1. The normalized spacial score (nSPS) is 12.3. The second-order valence-corrected chi connectivity index (χ2v) is 5.35. The minimum atomic E-state index is -0.829. The van der Waals surface area contributed by atoms with Crippen LogP contribution in [0, 0.1) is 13.8 Å². The molecule has 20 heavy (non-hydrogen) atoms. The second-order valence-electron chi connectivity index (χ2n) is 4.50. The molecule has 108 valence electrons. The van der Waals surface area contributed by atoms with Gasteiger partial charge in [0.25, 0.3) is 0 Å². The molecule has 2 aromatic rings. The first kappa shape index (κ1) is 14.9. The molecule has 0 saturated heterocycles. The van der Waals surface area contributed by atoms with Crippen LogP contribution in [-0.4, -0.2) is 19.3 Å². The van der Waals surface area contributed by atoms with Gasteiger partial charge in [0.1, 0.15) is 29.1 Å². The largest absolute Gasteiger partial charge is 0.496 e. The second kappa shape index (κ2) is 5.89. The fourth-order valence-electron chi connectivity index (χ4n) is 2.19. The highest BCUT2D eigenvalue weighted by Gasteiger charge is 2.22. The third kappa shape index (κ3) is 2.69. The quantitative estimate of drug-likeness (QED) is 0.920. The number of rotatable bonds is 4. The number of methoxy groups -OCH3 is 2. The molecule has 0 aliphatic rings. The molecule has 4 nitrogen and oxygen atoms in total. The lowest BCUT2D eigenvalue weighted by Crippen LogP contribution is -2.03. The lowest BCUT2D eigenvalue weighted by atomic mass is 10.0. The fraction of sp³-hybridized carbons (Fsp3) is 0.333. The summed E-state index contributed by atoms with van der Waals surface area (Å²) >= 11 is 3.40. The van der Waals surface area contributed by atoms with Gasteiger partial charge in [-0.1, -0.05) is 0 Å². The van der Waals surface area contributed by atoms with Crippen LogP contribution in [0.5, 0.6) is 11.5 Å². The Morgan fingerprint density at radius 2 is 1.70 bits per heavy atom. The smallest absolute Gasteiger partial charge is 0.133 e. The van der Waals surface area contributed by atoms with Gasteiger partial charge in [0, 0.05) is 11.1 Å². The van der Waals surface area contributed by atoms with E-state index in [1.54, 1.807) is 26.4 Å². The number of benzene rings is 1. The molecule has 0 aliphatic heterocycles. The average Bonchev–Trinajstić information content (AvgIpc) is 2.76. The van der Waals surface area contributed by atoms with Gasteiger partial charge in [-0.3, -0.25) is 0 Å². The molecule has 0 saturated carbocycles. The number of halogens is 1. The Kier molecular flexibility index (Phi) is 4.40. The van der Waals surface area contributed by atoms with E-state index in [1.807, 2.05) is 19.9 Å². The first-order valence-corrected chi connectivity index (χ1v) is 6.93. The molecule has 0 bridgehead atoms. The van der Waals surface area contributed by atoms with Crippen LogP contribution in [-0.2, 0) is 0 Å². The third-order valence-corrected chi connectivity index (χ3v) is 3.79. The van der Waals surface area contributed by atoms with E-state index < -0.39 is 6.10 Å². The fourth-order valence-corrected chi connectivity index (χ4v) is 2.67. The van der Waals surface area contributed by atoms with E-state index in [4.69, 9.17) is 13.9 Å². The summed E-state index contributed by atoms with van der Waals surface area (Å²) in [6, 6.07) is 5.36. The number of hydrogen-bond acceptors (Lipinski definition) is 4. The van der Waals surface area contributed by atoms with E-state index in [9.17, 15) is 5.11 Å². The topological polar surface area (TPSA) is 51.8 Å². The van der Waals surface area contributed by atoms with Crippen LogP contribution in [0.25, 0.3) is 0 Å². The molecule has 0 aliphatic carbocycles. The zero-order valence-corrected chi connectivity index (χ0v) is 13.4. The molecule has 1 unspecified atom stereocenters. The molecule has 0 fully saturated rings. The Balaban J connectivity index is 2.53. The number of hydrogen-bond donors (Lipinski definition) is 1. The van der Waals surface area contributed by atoms with E-state index in [2.05, 4.69) is 15.9 Å². The van der Waals surface area contributed by atoms with Crippen molar-refractivity contribution in [3.8, 4) is 11.5 Å². The van der Waals surface area contributed by atoms with Crippen molar-refractivity contribution in [1.82, 2.24) is 0 Å². The van der Waals surface area contributed by atoms with E-state index in [0.29, 0.717) is 22.8 Å². The van der Waals surface area contributed by atoms with Crippen LogP contribution in [0.15, 0.2) is 27.1 Å². The summed E-state index contributed by atoms with van der Waals surface area (Å²) < 4.78 is 16.8. The van der Waals surface area contributed by atoms with Gasteiger partial charge in [0.05, 0.1) is 18.7 Å². The molecule has 1 N–H and O–H groups in total. The maximum Gasteiger partial charge on any atom is 0.133 e. The first-order chi connectivity index (χ1) is 9.47. The highest BCUT2D eigenvalue weighted by molar-refractivity contribution is 9.10. The van der Waals surface area contributed by atoms with Gasteiger partial charge in [-0.2, -0.15) is 0 Å². The predicted molar refractivity (Wildman–Crippen MR) is 79.5 cm³/mol. The van der Waals surface area contributed by atoms with Gasteiger partial charge < -0.3 is 19.0 Å². The Morgan fingerprint density at radius 1 is 1.05 bits per heavy atom. The van der Waals surface area contributed by atoms with E-state index in [-0.39, 0.29) is 0 Å². The molecule has 2 rings (SSSR count). The Labute approximate surface area is 126 Å². The van der Waals surface area contributed by atoms with Crippen molar-refractivity contribution in [2.24, 2.45) is 0 Å². The van der Waals surface area contributed by atoms with Gasteiger partial charge in [0.15, 0.2) is 0 Å². The van der Waals surface area contributed by atoms with Gasteiger partial charge in [-0.05, 0) is 48.0 Å². The van der Waals surface area contributed by atoms with Crippen LogP contribution in [0.4, 0.5) is 0 Å². The van der Waals surface area contributed by atoms with Crippen molar-refractivity contribution in [1.29, 1.82) is 0 Å². The summed E-state index contributed by atoms with van der Waals surface area (Å²) in [5.74, 6) is 2.68. The average molecular weight is 341 g/mol. The predicted octanol–water partition coefficient (Wildman–Crippen LogP) is 3.76. The molecular weight excluding hydrogens is 324 g/mol. The molecular formula is C15H17BrO4. The van der Waals surface area contributed by atoms with Crippen LogP contribution in [0.3, 0.4) is 0 Å². The standard InChI is InChI=1S/C15H17BrO4/c1-8-5-10(9(2)20-8)15(17)11-6-14(19-4)12(16)7-13(11)18-3/h5-7,15,17H,1-4H3. The zero-order chi connectivity index (χ0) is 14.9. The Bertz CT molecular complexity index is 619. The lowest BCUT2D eigenvalue weighted by Gasteiger charge is -2.16. The monoisotopic (exact) mass is 340 g/mol. The molecule has 1 atom stereocenters. The highest BCUT2D eigenvalue weighted by atomic mass is 79.9. The SMILES string of the molecule is COc1cc(C(O)c2cc(C)oc2C)c(OC)cc1Br. The van der Waals surface area contributed by atoms with Gasteiger partial charge in [0.2, 0.25) is 0 Å². The van der Waals surface area contributed by atoms with Crippen molar-refractivity contribution < 1.29 is 19.0 Å². The van der Waals surface area contributed by atoms with Crippen LogP contribution in [0.1, 0.15) is 28.8 Å². The Hall–Kier alpha value is -1.46. The molecule has 0 radical (unpaired) electrons. The van der Waals surface area contributed by atoms with Crippen molar-refractivity contribution in [2.75, 3.05) is 14.2 Å². The lowest BCUT2D eigenvalue weighted by molar-refractivity contribution is 0.212. The van der Waals surface area contributed by atoms with Gasteiger partial charge >= 0.3 is 0 Å². The van der Waals surface area contributed by atoms with Crippen LogP contribution in [0.2, 0.25) is 0 Å². The molecule has 1 aromatic carbocycles. The maximum absolute atomic E-state index is 10.6. The minimum absolute atomic E-state index is 0.587. The summed E-state index contributed by atoms with van der Waals surface area (Å²) in [5, 5.41) is 10.6. The summed E-state index contributed by atoms with van der Waals surface area (Å²) in [6.07, 6.45) is -0.829. The third-order valence-electron chi connectivity index (χ3n) is 3.17. The van der Waals surface area contributed by atoms with Crippen molar-refractivity contribution in [3.63, 3.8) is 0 Å². The maximum atomic E-state index is 10.6. The summed E-state index contributed by atoms with van der Waals surface area (Å²) in [4.78, 5) is 0. The number of ether oxygens (including phenoxy) is 2. The highest BCUT2D eigenvalue weighted by Crippen LogP contribution is 2.39. The first-order valence-electron chi connectivity index (χ1n) is 6.14. The van der Waals surface area contributed by atoms with Crippen molar-refractivity contribution >= 4 is 15.9 Å². The number of furan rings is 1. The summed E-state index contributed by atoms with van der Waals surface area (Å²) in [7, 11) is 3.15. The van der Waals surface area contributed by atoms with Crippen molar-refractivity contribution in [3.05, 3.63) is 45.3 Å². The van der Waals surface area contributed by atoms with Crippen LogP contribution >= 0.6 is 15.9 Å². The van der Waals surface area contributed by atoms with Gasteiger partial charge in [-0.25, -0.2) is 0 Å². The van der Waals surface area contributed by atoms with E-state index >= 15 is 0 Å².